The van der Waals surface area contributed by atoms with Gasteiger partial charge in [-0.2, -0.15) is 0 Å². The summed E-state index contributed by atoms with van der Waals surface area (Å²) >= 11 is 0. The van der Waals surface area contributed by atoms with Crippen molar-refractivity contribution in [2.45, 2.75) is 69.8 Å². The minimum Gasteiger partial charge on any atom is -0.457 e. The largest absolute Gasteiger partial charge is 0.457 e. The molecule has 1 aliphatic heterocycles. The lowest BCUT2D eigenvalue weighted by Crippen LogP contribution is -2.43. The summed E-state index contributed by atoms with van der Waals surface area (Å²) in [6.45, 7) is 6.07. The second-order valence-corrected chi connectivity index (χ2v) is 14.1. The number of nitrogens with zero attached hydrogens (tertiary/aromatic N) is 1. The number of amides is 2. The molecule has 3 N–H and O–H groups in total. The Kier molecular flexibility index (Phi) is 12.5. The number of ether oxygens (including phenoxy) is 3. The summed E-state index contributed by atoms with van der Waals surface area (Å²) in [5, 5.41) is 15.5. The van der Waals surface area contributed by atoms with Gasteiger partial charge in [0.1, 0.15) is 11.5 Å². The van der Waals surface area contributed by atoms with Gasteiger partial charge in [-0.1, -0.05) is 110 Å². The molecule has 2 amide bonds. The molecule has 1 saturated heterocycles. The van der Waals surface area contributed by atoms with Crippen LogP contribution in [0, 0.1) is 0 Å². The lowest BCUT2D eigenvalue weighted by Gasteiger charge is -2.39. The maximum atomic E-state index is 12.9. The first-order valence-corrected chi connectivity index (χ1v) is 19.0. The van der Waals surface area contributed by atoms with Crippen LogP contribution in [-0.4, -0.2) is 41.3 Å². The zero-order valence-electron chi connectivity index (χ0n) is 30.6. The summed E-state index contributed by atoms with van der Waals surface area (Å²) in [7, 11) is 0. The molecule has 2 fully saturated rings. The fourth-order valence-corrected chi connectivity index (χ4v) is 7.46. The molecule has 5 aromatic rings. The number of aliphatic hydroxyl groups is 1. The van der Waals surface area contributed by atoms with Gasteiger partial charge in [0.15, 0.2) is 6.29 Å². The van der Waals surface area contributed by atoms with E-state index in [-0.39, 0.29) is 24.8 Å². The Morgan fingerprint density at radius 2 is 1.50 bits per heavy atom. The van der Waals surface area contributed by atoms with Gasteiger partial charge in [-0.15, -0.1) is 6.58 Å². The van der Waals surface area contributed by atoms with Crippen molar-refractivity contribution in [1.29, 1.82) is 0 Å². The van der Waals surface area contributed by atoms with Crippen molar-refractivity contribution >= 4 is 11.7 Å². The van der Waals surface area contributed by atoms with Crippen molar-refractivity contribution in [3.8, 4) is 22.6 Å². The predicted octanol–water partition coefficient (Wildman–Crippen LogP) is 9.94. The maximum Gasteiger partial charge on any atom is 0.319 e. The van der Waals surface area contributed by atoms with Gasteiger partial charge in [0, 0.05) is 43.3 Å². The molecule has 0 spiro atoms. The second-order valence-electron chi connectivity index (χ2n) is 14.1. The minimum atomic E-state index is -0.533. The average Bonchev–Trinajstić information content (AvgIpc) is 3.77. The number of hydrogen-bond acceptors (Lipinski definition) is 6. The molecule has 278 valence electrons. The van der Waals surface area contributed by atoms with E-state index in [2.05, 4.69) is 64.6 Å². The quantitative estimate of drug-likeness (QED) is 0.0989. The molecule has 8 nitrogen and oxygen atoms in total. The highest BCUT2D eigenvalue weighted by atomic mass is 16.7. The van der Waals surface area contributed by atoms with E-state index in [1.54, 1.807) is 0 Å². The molecule has 1 aliphatic carbocycles. The number of nitrogens with one attached hydrogen (secondary N) is 2. The van der Waals surface area contributed by atoms with Crippen LogP contribution in [-0.2, 0) is 22.6 Å². The molecule has 2 aliphatic rings. The highest BCUT2D eigenvalue weighted by Crippen LogP contribution is 2.39. The third-order valence-corrected chi connectivity index (χ3v) is 10.3. The Morgan fingerprint density at radius 3 is 2.22 bits per heavy atom. The van der Waals surface area contributed by atoms with E-state index in [9.17, 15) is 9.90 Å². The van der Waals surface area contributed by atoms with E-state index in [1.165, 1.54) is 25.7 Å². The molecule has 3 atom stereocenters. The number of anilines is 1. The Labute approximate surface area is 318 Å². The number of aliphatic hydroxyl groups excluding tert-OH is 1. The van der Waals surface area contributed by atoms with Gasteiger partial charge in [-0.05, 0) is 77.1 Å². The van der Waals surface area contributed by atoms with Crippen molar-refractivity contribution < 1.29 is 24.1 Å². The number of rotatable bonds is 14. The highest BCUT2D eigenvalue weighted by Gasteiger charge is 2.34. The van der Waals surface area contributed by atoms with E-state index in [0.29, 0.717) is 24.0 Å². The van der Waals surface area contributed by atoms with E-state index in [1.807, 2.05) is 91.0 Å². The Balaban J connectivity index is 1.01. The van der Waals surface area contributed by atoms with E-state index in [0.717, 1.165) is 58.6 Å². The summed E-state index contributed by atoms with van der Waals surface area (Å²) in [5.41, 5.74) is 6.65. The SMILES string of the molecule is C=CCN(CC1CC(c2ccc(CO)cc2)OC(c2ccc(-c3ccccc3CNC(=O)Nc3ccc(Oc4ccccc4)cc3)cc2)O1)C1CCCC1. The van der Waals surface area contributed by atoms with Crippen molar-refractivity contribution in [1.82, 2.24) is 10.2 Å². The van der Waals surface area contributed by atoms with Gasteiger partial charge in [0.2, 0.25) is 0 Å². The molecular weight excluding hydrogens is 675 g/mol. The molecular formula is C46H49N3O5. The molecule has 8 heteroatoms. The molecule has 0 aromatic heterocycles. The molecule has 54 heavy (non-hydrogen) atoms. The summed E-state index contributed by atoms with van der Waals surface area (Å²) in [6.07, 6.45) is 7.02. The number of para-hydroxylation sites is 1. The van der Waals surface area contributed by atoms with E-state index in [4.69, 9.17) is 14.2 Å². The van der Waals surface area contributed by atoms with Gasteiger partial charge in [0.25, 0.3) is 0 Å². The van der Waals surface area contributed by atoms with Gasteiger partial charge in [-0.25, -0.2) is 4.79 Å². The van der Waals surface area contributed by atoms with Gasteiger partial charge < -0.3 is 30.0 Å². The summed E-state index contributed by atoms with van der Waals surface area (Å²) in [6, 6.07) is 41.6. The third kappa shape index (κ3) is 9.64. The number of carbonyl (C=O) groups excluding carboxylic acids is 1. The first kappa shape index (κ1) is 37.1. The van der Waals surface area contributed by atoms with Crippen LogP contribution in [0.1, 0.15) is 66.8 Å². The van der Waals surface area contributed by atoms with E-state index < -0.39 is 6.29 Å². The van der Waals surface area contributed by atoms with Crippen molar-refractivity contribution in [2.75, 3.05) is 18.4 Å². The van der Waals surface area contributed by atoms with Crippen LogP contribution in [0.4, 0.5) is 10.5 Å². The van der Waals surface area contributed by atoms with Crippen molar-refractivity contribution in [3.63, 3.8) is 0 Å². The standard InChI is InChI=1S/C46H49N3O5/c1-2-28-49(39-11-7-8-12-39)31-42-29-44(35-18-16-33(32-50)17-19-35)54-45(53-42)36-22-20-34(21-23-36)43-15-9-6-10-37(43)30-47-46(51)48-38-24-26-41(27-25-38)52-40-13-4-3-5-14-40/h2-6,9-10,13-27,39,42,44-45,50H,1,7-8,11-12,28-32H2,(H2,47,48,51). The number of benzene rings is 5. The molecule has 1 heterocycles. The van der Waals surface area contributed by atoms with Crippen LogP contribution in [0.15, 0.2) is 140 Å². The zero-order chi connectivity index (χ0) is 37.1. The summed E-state index contributed by atoms with van der Waals surface area (Å²) in [5.74, 6) is 1.45. The number of hydrogen-bond donors (Lipinski definition) is 3. The Morgan fingerprint density at radius 1 is 0.815 bits per heavy atom. The number of carbonyl (C=O) groups is 1. The van der Waals surface area contributed by atoms with Crippen LogP contribution in [0.25, 0.3) is 11.1 Å². The fraction of sp³-hybridized carbons (Fsp3) is 0.283. The van der Waals surface area contributed by atoms with Crippen LogP contribution in [0.2, 0.25) is 0 Å². The monoisotopic (exact) mass is 723 g/mol. The van der Waals surface area contributed by atoms with Crippen LogP contribution in [0.5, 0.6) is 11.5 Å². The van der Waals surface area contributed by atoms with Crippen LogP contribution in [0.3, 0.4) is 0 Å². The fourth-order valence-electron chi connectivity index (χ4n) is 7.46. The Hall–Kier alpha value is -5.25. The molecule has 3 unspecified atom stereocenters. The first-order valence-electron chi connectivity index (χ1n) is 19.0. The molecule has 0 bridgehead atoms. The smallest absolute Gasteiger partial charge is 0.319 e. The van der Waals surface area contributed by atoms with Gasteiger partial charge in [0.05, 0.1) is 18.8 Å². The molecule has 0 radical (unpaired) electrons. The van der Waals surface area contributed by atoms with Crippen molar-refractivity contribution in [2.24, 2.45) is 0 Å². The molecule has 5 aromatic carbocycles. The molecule has 7 rings (SSSR count). The highest BCUT2D eigenvalue weighted by molar-refractivity contribution is 5.89. The van der Waals surface area contributed by atoms with Crippen LogP contribution < -0.4 is 15.4 Å². The third-order valence-electron chi connectivity index (χ3n) is 10.3. The minimum absolute atomic E-state index is 0.0112. The normalized spacial score (nSPS) is 18.7. The number of urea groups is 1. The Bertz CT molecular complexity index is 1940. The first-order chi connectivity index (χ1) is 26.5. The second kappa shape index (κ2) is 18.2. The van der Waals surface area contributed by atoms with E-state index >= 15 is 0 Å². The average molecular weight is 724 g/mol. The van der Waals surface area contributed by atoms with Crippen LogP contribution >= 0.6 is 0 Å². The van der Waals surface area contributed by atoms with Gasteiger partial charge >= 0.3 is 6.03 Å². The lowest BCUT2D eigenvalue weighted by molar-refractivity contribution is -0.253. The predicted molar refractivity (Wildman–Crippen MR) is 213 cm³/mol. The zero-order valence-corrected chi connectivity index (χ0v) is 30.6. The van der Waals surface area contributed by atoms with Gasteiger partial charge in [-0.3, -0.25) is 4.90 Å². The lowest BCUT2D eigenvalue weighted by atomic mass is 9.97. The maximum absolute atomic E-state index is 12.9. The molecule has 1 saturated carbocycles. The summed E-state index contributed by atoms with van der Waals surface area (Å²) < 4.78 is 19.2. The van der Waals surface area contributed by atoms with Crippen molar-refractivity contribution in [3.05, 3.63) is 162 Å². The summed E-state index contributed by atoms with van der Waals surface area (Å²) in [4.78, 5) is 15.4. The topological polar surface area (TPSA) is 92.3 Å².